The number of ether oxygens (including phenoxy) is 3. The highest BCUT2D eigenvalue weighted by Crippen LogP contribution is 2.36. The molecule has 1 N–H and O–H groups in total. The molecule has 0 aliphatic carbocycles. The average molecular weight is 519 g/mol. The number of carboxylic acids is 1. The van der Waals surface area contributed by atoms with Crippen LogP contribution in [0, 0.1) is 0 Å². The number of rotatable bonds is 15. The van der Waals surface area contributed by atoms with Crippen molar-refractivity contribution in [1.29, 1.82) is 0 Å². The second kappa shape index (κ2) is 14.3. The number of hydrogen-bond acceptors (Lipinski definition) is 7. The summed E-state index contributed by atoms with van der Waals surface area (Å²) in [6.07, 6.45) is 9.52. The lowest BCUT2D eigenvalue weighted by Gasteiger charge is -2.14. The van der Waals surface area contributed by atoms with Gasteiger partial charge in [-0.2, -0.15) is 0 Å². The lowest BCUT2D eigenvalue weighted by molar-refractivity contribution is -0.134. The topological polar surface area (TPSA) is 116 Å². The van der Waals surface area contributed by atoms with Crippen LogP contribution in [0.25, 0.3) is 17.2 Å². The number of carbonyl (C=O) groups is 2. The Balaban J connectivity index is 2.04. The van der Waals surface area contributed by atoms with Crippen LogP contribution in [0.2, 0.25) is 0 Å². The highest BCUT2D eigenvalue weighted by molar-refractivity contribution is 7.90. The number of aromatic carboxylic acids is 1. The van der Waals surface area contributed by atoms with E-state index in [4.69, 9.17) is 9.47 Å². The molecule has 0 heterocycles. The number of esters is 1. The number of methoxy groups -OCH3 is 2. The maximum Gasteiger partial charge on any atom is 0.336 e. The summed E-state index contributed by atoms with van der Waals surface area (Å²) in [5.74, 6) is -0.299. The van der Waals surface area contributed by atoms with Gasteiger partial charge >= 0.3 is 11.9 Å². The number of benzene rings is 2. The van der Waals surface area contributed by atoms with Gasteiger partial charge in [-0.25, -0.2) is 18.0 Å². The molecule has 0 spiro atoms. The Morgan fingerprint density at radius 3 is 2.25 bits per heavy atom. The fourth-order valence-corrected chi connectivity index (χ4v) is 4.38. The van der Waals surface area contributed by atoms with E-state index in [2.05, 4.69) is 4.74 Å². The molecule has 36 heavy (non-hydrogen) atoms. The number of unbranched alkanes of at least 4 members (excludes halogenated alkanes) is 5. The van der Waals surface area contributed by atoms with Gasteiger partial charge in [-0.3, -0.25) is 0 Å². The summed E-state index contributed by atoms with van der Waals surface area (Å²) < 4.78 is 38.3. The quantitative estimate of drug-likeness (QED) is 0.199. The van der Waals surface area contributed by atoms with Crippen molar-refractivity contribution in [3.8, 4) is 22.6 Å². The Morgan fingerprint density at radius 1 is 0.917 bits per heavy atom. The minimum Gasteiger partial charge on any atom is -0.496 e. The number of carbonyl (C=O) groups excluding carboxylic acids is 1. The Labute approximate surface area is 212 Å². The summed E-state index contributed by atoms with van der Waals surface area (Å²) in [5.41, 5.74) is 1.87. The van der Waals surface area contributed by atoms with Gasteiger partial charge in [0.25, 0.3) is 0 Å². The van der Waals surface area contributed by atoms with E-state index in [1.165, 1.54) is 32.6 Å². The molecule has 2 rings (SSSR count). The molecule has 0 saturated heterocycles. The van der Waals surface area contributed by atoms with E-state index in [1.54, 1.807) is 36.4 Å². The Kier molecular flexibility index (Phi) is 11.5. The third-order valence-electron chi connectivity index (χ3n) is 5.53. The SMILES string of the molecule is COC(=O)C=Cc1ccc(-c2cc(OCCCCCCCCS(C)(=O)=O)ccc2C(=O)O)c(OC)c1. The van der Waals surface area contributed by atoms with Crippen molar-refractivity contribution in [3.05, 3.63) is 53.6 Å². The molecule has 0 aliphatic rings. The molecule has 9 heteroatoms. The molecule has 0 atom stereocenters. The van der Waals surface area contributed by atoms with Crippen LogP contribution >= 0.6 is 0 Å². The second-order valence-corrected chi connectivity index (χ2v) is 10.7. The highest BCUT2D eigenvalue weighted by Gasteiger charge is 2.17. The first-order chi connectivity index (χ1) is 17.1. The largest absolute Gasteiger partial charge is 0.496 e. The van der Waals surface area contributed by atoms with Crippen molar-refractivity contribution in [2.24, 2.45) is 0 Å². The van der Waals surface area contributed by atoms with Crippen LogP contribution in [0.15, 0.2) is 42.5 Å². The number of sulfone groups is 1. The van der Waals surface area contributed by atoms with E-state index in [0.717, 1.165) is 32.1 Å². The molecule has 0 aromatic heterocycles. The van der Waals surface area contributed by atoms with E-state index in [0.29, 0.717) is 41.2 Å². The third-order valence-corrected chi connectivity index (χ3v) is 6.56. The normalized spacial score (nSPS) is 11.4. The molecule has 0 amide bonds. The maximum atomic E-state index is 11.9. The lowest BCUT2D eigenvalue weighted by atomic mass is 9.97. The summed E-state index contributed by atoms with van der Waals surface area (Å²) >= 11 is 0. The summed E-state index contributed by atoms with van der Waals surface area (Å²) in [6, 6.07) is 10.1. The summed E-state index contributed by atoms with van der Waals surface area (Å²) in [6.45, 7) is 0.490. The first-order valence-electron chi connectivity index (χ1n) is 11.8. The monoisotopic (exact) mass is 518 g/mol. The molecule has 2 aromatic rings. The first-order valence-corrected chi connectivity index (χ1v) is 13.8. The van der Waals surface area contributed by atoms with Crippen molar-refractivity contribution in [3.63, 3.8) is 0 Å². The van der Waals surface area contributed by atoms with Crippen LogP contribution in [0.3, 0.4) is 0 Å². The van der Waals surface area contributed by atoms with E-state index in [1.807, 2.05) is 0 Å². The van der Waals surface area contributed by atoms with Gasteiger partial charge in [-0.1, -0.05) is 37.8 Å². The molecule has 0 aliphatic heterocycles. The zero-order valence-electron chi connectivity index (χ0n) is 21.0. The zero-order chi connectivity index (χ0) is 26.6. The van der Waals surface area contributed by atoms with Crippen molar-refractivity contribution in [1.82, 2.24) is 0 Å². The summed E-state index contributed by atoms with van der Waals surface area (Å²) in [4.78, 5) is 23.2. The maximum absolute atomic E-state index is 11.9. The molecule has 2 aromatic carbocycles. The fourth-order valence-electron chi connectivity index (χ4n) is 3.65. The van der Waals surface area contributed by atoms with Crippen LogP contribution in [-0.4, -0.2) is 58.3 Å². The smallest absolute Gasteiger partial charge is 0.336 e. The minimum atomic E-state index is -2.89. The Morgan fingerprint density at radius 2 is 1.61 bits per heavy atom. The van der Waals surface area contributed by atoms with Gasteiger partial charge in [0.2, 0.25) is 0 Å². The molecule has 0 saturated carbocycles. The van der Waals surface area contributed by atoms with Gasteiger partial charge in [0, 0.05) is 29.2 Å². The van der Waals surface area contributed by atoms with Crippen molar-refractivity contribution in [2.45, 2.75) is 38.5 Å². The van der Waals surface area contributed by atoms with E-state index in [9.17, 15) is 23.1 Å². The zero-order valence-corrected chi connectivity index (χ0v) is 21.8. The van der Waals surface area contributed by atoms with Gasteiger partial charge < -0.3 is 19.3 Å². The van der Waals surface area contributed by atoms with Crippen LogP contribution < -0.4 is 9.47 Å². The lowest BCUT2D eigenvalue weighted by Crippen LogP contribution is -2.03. The summed E-state index contributed by atoms with van der Waals surface area (Å²) in [7, 11) is -0.0964. The fraction of sp³-hybridized carbons (Fsp3) is 0.407. The molecule has 8 nitrogen and oxygen atoms in total. The van der Waals surface area contributed by atoms with Gasteiger partial charge in [-0.15, -0.1) is 0 Å². The van der Waals surface area contributed by atoms with E-state index < -0.39 is 21.8 Å². The number of carboxylic acid groups (broad SMARTS) is 1. The molecule has 196 valence electrons. The number of hydrogen-bond donors (Lipinski definition) is 1. The molecular weight excluding hydrogens is 484 g/mol. The van der Waals surface area contributed by atoms with Gasteiger partial charge in [0.15, 0.2) is 0 Å². The average Bonchev–Trinajstić information content (AvgIpc) is 2.85. The standard InChI is InChI=1S/C27H34O8S/c1-33-25-18-20(11-15-26(28)34-2)10-13-22(25)24-19-21(12-14-23(24)27(29)30)35-16-8-6-4-5-7-9-17-36(3,31)32/h10-15,18-19H,4-9,16-17H2,1-3H3,(H,29,30). The van der Waals surface area contributed by atoms with Crippen molar-refractivity contribution < 1.29 is 37.3 Å². The van der Waals surface area contributed by atoms with Crippen LogP contribution in [0.4, 0.5) is 0 Å². The molecule has 0 bridgehead atoms. The second-order valence-electron chi connectivity index (χ2n) is 8.43. The van der Waals surface area contributed by atoms with Gasteiger partial charge in [-0.05, 0) is 48.7 Å². The molecule has 0 radical (unpaired) electrons. The predicted molar refractivity (Wildman–Crippen MR) is 139 cm³/mol. The van der Waals surface area contributed by atoms with Crippen molar-refractivity contribution in [2.75, 3.05) is 32.8 Å². The van der Waals surface area contributed by atoms with Gasteiger partial charge in [0.1, 0.15) is 21.3 Å². The molecular formula is C27H34O8S. The minimum absolute atomic E-state index is 0.118. The van der Waals surface area contributed by atoms with Crippen LogP contribution in [0.5, 0.6) is 11.5 Å². The van der Waals surface area contributed by atoms with E-state index >= 15 is 0 Å². The van der Waals surface area contributed by atoms with Crippen LogP contribution in [-0.2, 0) is 19.4 Å². The highest BCUT2D eigenvalue weighted by atomic mass is 32.2. The third kappa shape index (κ3) is 9.73. The van der Waals surface area contributed by atoms with Crippen LogP contribution in [0.1, 0.15) is 54.4 Å². The molecule has 0 unspecified atom stereocenters. The summed E-state index contributed by atoms with van der Waals surface area (Å²) in [5, 5.41) is 9.71. The van der Waals surface area contributed by atoms with E-state index in [-0.39, 0.29) is 11.3 Å². The Bertz CT molecular complexity index is 1170. The predicted octanol–water partition coefficient (Wildman–Crippen LogP) is 5.01. The van der Waals surface area contributed by atoms with Gasteiger partial charge in [0.05, 0.1) is 26.4 Å². The first kappa shape index (κ1) is 28.9. The van der Waals surface area contributed by atoms with Crippen molar-refractivity contribution >= 4 is 27.9 Å². The Hall–Kier alpha value is -3.33. The molecule has 0 fully saturated rings.